The van der Waals surface area contributed by atoms with Crippen molar-refractivity contribution in [2.24, 2.45) is 0 Å². The molecule has 10 heavy (non-hydrogen) atoms. The number of cyclic esters (lactones) is 1. The second-order valence-electron chi connectivity index (χ2n) is 1.66. The van der Waals surface area contributed by atoms with Crippen LogP contribution in [0.3, 0.4) is 0 Å². The van der Waals surface area contributed by atoms with E-state index in [0.717, 1.165) is 0 Å². The quantitative estimate of drug-likeness (QED) is 0.296. The Balaban J connectivity index is 2.90. The fourth-order valence-electron chi connectivity index (χ4n) is 0.482. The first-order valence-electron chi connectivity index (χ1n) is 2.41. The molecule has 1 saturated heterocycles. The molecule has 0 amide bonds. The third kappa shape index (κ3) is 0.812. The van der Waals surface area contributed by atoms with Gasteiger partial charge in [-0.2, -0.15) is 0 Å². The van der Waals surface area contributed by atoms with Crippen molar-refractivity contribution < 1.29 is 23.9 Å². The topological polar surface area (TPSA) is 77.5 Å². The molecule has 1 aliphatic rings. The maximum absolute atomic E-state index is 10.3. The van der Waals surface area contributed by atoms with E-state index in [9.17, 15) is 19.2 Å². The van der Waals surface area contributed by atoms with E-state index < -0.39 is 29.9 Å². The van der Waals surface area contributed by atoms with Gasteiger partial charge in [0.15, 0.2) is 6.61 Å². The third-order valence-corrected chi connectivity index (χ3v) is 0.979. The third-order valence-electron chi connectivity index (χ3n) is 0.979. The first-order valence-corrected chi connectivity index (χ1v) is 2.41. The number of carbonyl (C=O) groups excluding carboxylic acids is 4. The van der Waals surface area contributed by atoms with Crippen molar-refractivity contribution in [2.45, 2.75) is 0 Å². The summed E-state index contributed by atoms with van der Waals surface area (Å²) in [6.07, 6.45) is 0. The minimum Gasteiger partial charge on any atom is -0.451 e. The smallest absolute Gasteiger partial charge is 0.383 e. The second kappa shape index (κ2) is 2.02. The molecule has 1 heterocycles. The van der Waals surface area contributed by atoms with E-state index in [2.05, 4.69) is 4.74 Å². The van der Waals surface area contributed by atoms with Crippen molar-refractivity contribution >= 4 is 23.3 Å². The molecule has 0 aliphatic carbocycles. The van der Waals surface area contributed by atoms with E-state index >= 15 is 0 Å². The van der Waals surface area contributed by atoms with Gasteiger partial charge in [-0.15, -0.1) is 0 Å². The van der Waals surface area contributed by atoms with Gasteiger partial charge in [0.2, 0.25) is 5.78 Å². The van der Waals surface area contributed by atoms with E-state index in [4.69, 9.17) is 0 Å². The summed E-state index contributed by atoms with van der Waals surface area (Å²) in [6.45, 7) is -0.608. The molecule has 1 rings (SSSR count). The molecule has 0 atom stereocenters. The van der Waals surface area contributed by atoms with Crippen molar-refractivity contribution in [3.8, 4) is 0 Å². The zero-order valence-electron chi connectivity index (χ0n) is 4.75. The highest BCUT2D eigenvalue weighted by molar-refractivity contribution is 6.78. The molecule has 0 bridgehead atoms. The number of hydrogen-bond donors (Lipinski definition) is 0. The minimum atomic E-state index is -1.38. The van der Waals surface area contributed by atoms with Crippen LogP contribution < -0.4 is 0 Å². The van der Waals surface area contributed by atoms with Crippen LogP contribution in [0, 0.1) is 0 Å². The van der Waals surface area contributed by atoms with Crippen LogP contribution in [0.2, 0.25) is 0 Å². The molecule has 5 heteroatoms. The number of rotatable bonds is 0. The Kier molecular flexibility index (Phi) is 1.33. The Bertz CT molecular complexity index is 212. The molecule has 0 aromatic heterocycles. The van der Waals surface area contributed by atoms with Gasteiger partial charge in [-0.3, -0.25) is 14.4 Å². The summed E-state index contributed by atoms with van der Waals surface area (Å²) in [5.74, 6) is -4.87. The summed E-state index contributed by atoms with van der Waals surface area (Å²) >= 11 is 0. The van der Waals surface area contributed by atoms with Gasteiger partial charge in [0.05, 0.1) is 0 Å². The molecule has 0 aromatic carbocycles. The molecule has 0 N–H and O–H groups in total. The molecule has 0 radical (unpaired) electrons. The normalized spacial score (nSPS) is 19.2. The average Bonchev–Trinajstić information content (AvgIpc) is 1.93. The lowest BCUT2D eigenvalue weighted by Gasteiger charge is -2.05. The van der Waals surface area contributed by atoms with E-state index in [0.29, 0.717) is 0 Å². The number of hydrogen-bond acceptors (Lipinski definition) is 5. The predicted octanol–water partition coefficient (Wildman–Crippen LogP) is -1.75. The van der Waals surface area contributed by atoms with Gasteiger partial charge in [-0.1, -0.05) is 0 Å². The number of Topliss-reactive ketones (excluding diaryl/α,β-unsaturated/α-hetero) is 3. The molecule has 0 unspecified atom stereocenters. The van der Waals surface area contributed by atoms with E-state index in [-0.39, 0.29) is 0 Å². The zero-order valence-corrected chi connectivity index (χ0v) is 4.75. The molecule has 5 nitrogen and oxygen atoms in total. The highest BCUT2D eigenvalue weighted by Crippen LogP contribution is 1.94. The molecule has 0 spiro atoms. The number of esters is 1. The summed E-state index contributed by atoms with van der Waals surface area (Å²) in [5.41, 5.74) is 0. The predicted molar refractivity (Wildman–Crippen MR) is 26.0 cm³/mol. The summed E-state index contributed by atoms with van der Waals surface area (Å²) < 4.78 is 4.01. The Morgan fingerprint density at radius 3 is 2.10 bits per heavy atom. The van der Waals surface area contributed by atoms with E-state index in [1.807, 2.05) is 0 Å². The summed E-state index contributed by atoms with van der Waals surface area (Å²) in [6, 6.07) is 0. The van der Waals surface area contributed by atoms with Gasteiger partial charge in [0.25, 0.3) is 5.78 Å². The van der Waals surface area contributed by atoms with Crippen LogP contribution in [0.5, 0.6) is 0 Å². The number of ketones is 3. The van der Waals surface area contributed by atoms with Crippen molar-refractivity contribution in [3.05, 3.63) is 0 Å². The van der Waals surface area contributed by atoms with Crippen LogP contribution >= 0.6 is 0 Å². The Hall–Kier alpha value is -1.52. The van der Waals surface area contributed by atoms with Crippen LogP contribution in [-0.2, 0) is 23.9 Å². The Morgan fingerprint density at radius 1 is 1.00 bits per heavy atom. The van der Waals surface area contributed by atoms with Crippen molar-refractivity contribution in [1.29, 1.82) is 0 Å². The monoisotopic (exact) mass is 142 g/mol. The van der Waals surface area contributed by atoms with Gasteiger partial charge in [-0.05, 0) is 0 Å². The largest absolute Gasteiger partial charge is 0.451 e. The lowest BCUT2D eigenvalue weighted by Crippen LogP contribution is -2.40. The average molecular weight is 142 g/mol. The first kappa shape index (κ1) is 6.60. The van der Waals surface area contributed by atoms with Crippen LogP contribution in [0.1, 0.15) is 0 Å². The lowest BCUT2D eigenvalue weighted by molar-refractivity contribution is -0.165. The minimum absolute atomic E-state index is 0.608. The Labute approximate surface area is 55.0 Å². The molecular weight excluding hydrogens is 140 g/mol. The molecule has 0 saturated carbocycles. The van der Waals surface area contributed by atoms with Gasteiger partial charge in [-0.25, -0.2) is 4.79 Å². The van der Waals surface area contributed by atoms with Crippen LogP contribution in [-0.4, -0.2) is 29.9 Å². The SMILES string of the molecule is O=C1COC(=O)C(=O)C1=O. The van der Waals surface area contributed by atoms with Crippen molar-refractivity contribution in [1.82, 2.24) is 0 Å². The van der Waals surface area contributed by atoms with Crippen molar-refractivity contribution in [2.75, 3.05) is 6.61 Å². The second-order valence-corrected chi connectivity index (χ2v) is 1.66. The maximum atomic E-state index is 10.3. The number of ether oxygens (including phenoxy) is 1. The standard InChI is InChI=1S/C5H2O5/c6-2-1-10-5(9)4(8)3(2)7/h1H2. The first-order chi connectivity index (χ1) is 4.63. The summed E-state index contributed by atoms with van der Waals surface area (Å²) in [4.78, 5) is 41.1. The van der Waals surface area contributed by atoms with Gasteiger partial charge < -0.3 is 4.74 Å². The maximum Gasteiger partial charge on any atom is 0.383 e. The molecule has 0 aromatic rings. The van der Waals surface area contributed by atoms with Crippen LogP contribution in [0.15, 0.2) is 0 Å². The van der Waals surface area contributed by atoms with E-state index in [1.54, 1.807) is 0 Å². The fourth-order valence-corrected chi connectivity index (χ4v) is 0.482. The summed E-state index contributed by atoms with van der Waals surface area (Å²) in [5, 5.41) is 0. The molecule has 1 fully saturated rings. The number of carbonyl (C=O) groups is 4. The van der Waals surface area contributed by atoms with Gasteiger partial charge in [0.1, 0.15) is 0 Å². The fraction of sp³-hybridized carbons (Fsp3) is 0.200. The van der Waals surface area contributed by atoms with E-state index in [1.165, 1.54) is 0 Å². The van der Waals surface area contributed by atoms with Gasteiger partial charge >= 0.3 is 11.8 Å². The van der Waals surface area contributed by atoms with Crippen LogP contribution in [0.4, 0.5) is 0 Å². The highest BCUT2D eigenvalue weighted by atomic mass is 16.5. The zero-order chi connectivity index (χ0) is 7.72. The lowest BCUT2D eigenvalue weighted by atomic mass is 10.1. The van der Waals surface area contributed by atoms with Gasteiger partial charge in [0, 0.05) is 0 Å². The highest BCUT2D eigenvalue weighted by Gasteiger charge is 2.35. The molecule has 52 valence electrons. The Morgan fingerprint density at radius 2 is 1.60 bits per heavy atom. The molecular formula is C5H2O5. The van der Waals surface area contributed by atoms with Crippen LogP contribution in [0.25, 0.3) is 0 Å². The summed E-state index contributed by atoms with van der Waals surface area (Å²) in [7, 11) is 0. The molecule has 1 aliphatic heterocycles. The van der Waals surface area contributed by atoms with Crippen molar-refractivity contribution in [3.63, 3.8) is 0 Å².